The molecule has 1 unspecified atom stereocenters. The van der Waals surface area contributed by atoms with Gasteiger partial charge < -0.3 is 4.90 Å². The van der Waals surface area contributed by atoms with E-state index in [1.54, 1.807) is 24.4 Å². The molecule has 2 heterocycles. The van der Waals surface area contributed by atoms with Crippen LogP contribution in [0.5, 0.6) is 0 Å². The van der Waals surface area contributed by atoms with E-state index in [-0.39, 0.29) is 6.04 Å². The van der Waals surface area contributed by atoms with Crippen LogP contribution in [-0.2, 0) is 0 Å². The number of rotatable bonds is 2. The maximum Gasteiger partial charge on any atom is 0.257 e. The second-order valence-electron chi connectivity index (χ2n) is 5.13. The van der Waals surface area contributed by atoms with Gasteiger partial charge in [0.25, 0.3) is 5.91 Å². The average Bonchev–Trinajstić information content (AvgIpc) is 3.03. The van der Waals surface area contributed by atoms with Crippen molar-refractivity contribution in [3.8, 4) is 0 Å². The van der Waals surface area contributed by atoms with Gasteiger partial charge in [0.2, 0.25) is 0 Å². The van der Waals surface area contributed by atoms with Gasteiger partial charge in [-0.25, -0.2) is 13.2 Å². The van der Waals surface area contributed by atoms with E-state index in [4.69, 9.17) is 0 Å². The minimum Gasteiger partial charge on any atom is -0.330 e. The van der Waals surface area contributed by atoms with Gasteiger partial charge in [0, 0.05) is 12.7 Å². The molecule has 1 aliphatic rings. The highest BCUT2D eigenvalue weighted by molar-refractivity contribution is 5.95. The molecule has 0 aliphatic carbocycles. The van der Waals surface area contributed by atoms with Crippen LogP contribution in [0.15, 0.2) is 36.5 Å². The fraction of sp³-hybridized carbons (Fsp3) is 0.250. The van der Waals surface area contributed by atoms with Crippen molar-refractivity contribution < 1.29 is 18.0 Å². The fourth-order valence-corrected chi connectivity index (χ4v) is 2.74. The highest BCUT2D eigenvalue weighted by Gasteiger charge is 2.33. The Morgan fingerprint density at radius 3 is 2.68 bits per heavy atom. The zero-order valence-electron chi connectivity index (χ0n) is 11.6. The molecule has 1 fully saturated rings. The third kappa shape index (κ3) is 2.45. The highest BCUT2D eigenvalue weighted by atomic mass is 19.2. The first-order valence-corrected chi connectivity index (χ1v) is 6.95. The number of carbonyl (C=O) groups excluding carboxylic acids is 1. The molecule has 3 nitrogen and oxygen atoms in total. The minimum atomic E-state index is -1.63. The van der Waals surface area contributed by atoms with Gasteiger partial charge in [-0.2, -0.15) is 0 Å². The van der Waals surface area contributed by atoms with Crippen molar-refractivity contribution in [2.75, 3.05) is 6.54 Å². The number of pyridine rings is 1. The van der Waals surface area contributed by atoms with E-state index < -0.39 is 28.9 Å². The second-order valence-corrected chi connectivity index (χ2v) is 5.13. The van der Waals surface area contributed by atoms with Crippen LogP contribution in [0.2, 0.25) is 0 Å². The topological polar surface area (TPSA) is 33.2 Å². The van der Waals surface area contributed by atoms with Crippen LogP contribution in [0, 0.1) is 17.5 Å². The SMILES string of the molecule is O=C(c1ccc(F)c(F)c1F)N1CCCC1c1ccccn1. The molecular weight excluding hydrogens is 293 g/mol. The van der Waals surface area contributed by atoms with Crippen LogP contribution in [0.4, 0.5) is 13.2 Å². The van der Waals surface area contributed by atoms with Crippen LogP contribution >= 0.6 is 0 Å². The molecule has 1 aromatic heterocycles. The second kappa shape index (κ2) is 5.79. The summed E-state index contributed by atoms with van der Waals surface area (Å²) in [6.07, 6.45) is 3.07. The largest absolute Gasteiger partial charge is 0.330 e. The summed E-state index contributed by atoms with van der Waals surface area (Å²) < 4.78 is 40.1. The van der Waals surface area contributed by atoms with Gasteiger partial charge in [0.05, 0.1) is 17.3 Å². The molecule has 0 spiro atoms. The minimum absolute atomic E-state index is 0.277. The molecule has 1 atom stereocenters. The molecule has 0 saturated carbocycles. The van der Waals surface area contributed by atoms with E-state index >= 15 is 0 Å². The van der Waals surface area contributed by atoms with Crippen LogP contribution in [0.25, 0.3) is 0 Å². The van der Waals surface area contributed by atoms with E-state index in [1.807, 2.05) is 0 Å². The normalized spacial score (nSPS) is 17.8. The summed E-state index contributed by atoms with van der Waals surface area (Å²) in [4.78, 5) is 18.2. The van der Waals surface area contributed by atoms with Gasteiger partial charge in [-0.05, 0) is 37.1 Å². The molecule has 114 valence electrons. The summed E-state index contributed by atoms with van der Waals surface area (Å²) in [7, 11) is 0. The zero-order chi connectivity index (χ0) is 15.7. The number of hydrogen-bond acceptors (Lipinski definition) is 2. The van der Waals surface area contributed by atoms with E-state index in [1.165, 1.54) is 4.90 Å². The summed E-state index contributed by atoms with van der Waals surface area (Å²) in [5.74, 6) is -5.03. The Bertz CT molecular complexity index is 706. The number of carbonyl (C=O) groups is 1. The lowest BCUT2D eigenvalue weighted by Crippen LogP contribution is -2.31. The first-order valence-electron chi connectivity index (χ1n) is 6.95. The molecule has 6 heteroatoms. The Morgan fingerprint density at radius 1 is 1.14 bits per heavy atom. The van der Waals surface area contributed by atoms with Crippen LogP contribution in [0.3, 0.4) is 0 Å². The van der Waals surface area contributed by atoms with Crippen LogP contribution in [-0.4, -0.2) is 22.3 Å². The number of likely N-dealkylation sites (tertiary alicyclic amines) is 1. The Labute approximate surface area is 125 Å². The zero-order valence-corrected chi connectivity index (χ0v) is 11.6. The van der Waals surface area contributed by atoms with Crippen molar-refractivity contribution >= 4 is 5.91 Å². The molecule has 22 heavy (non-hydrogen) atoms. The standard InChI is InChI=1S/C16H13F3N2O/c17-11-7-6-10(14(18)15(11)19)16(22)21-9-3-5-13(21)12-4-1-2-8-20-12/h1-2,4,6-8,13H,3,5,9H2. The molecular formula is C16H13F3N2O. The Balaban J connectivity index is 1.93. The van der Waals surface area contributed by atoms with Crippen molar-refractivity contribution in [3.63, 3.8) is 0 Å². The molecule has 0 N–H and O–H groups in total. The van der Waals surface area contributed by atoms with Crippen LogP contribution < -0.4 is 0 Å². The Morgan fingerprint density at radius 2 is 1.95 bits per heavy atom. The number of amides is 1. The molecule has 3 rings (SSSR count). The Kier molecular flexibility index (Phi) is 3.83. The molecule has 1 aromatic carbocycles. The summed E-state index contributed by atoms with van der Waals surface area (Å²) in [6, 6.07) is 6.82. The number of hydrogen-bond donors (Lipinski definition) is 0. The third-order valence-corrected chi connectivity index (χ3v) is 3.81. The van der Waals surface area contributed by atoms with Crippen molar-refractivity contribution in [1.82, 2.24) is 9.88 Å². The lowest BCUT2D eigenvalue weighted by molar-refractivity contribution is 0.0726. The predicted octanol–water partition coefficient (Wildman–Crippen LogP) is 3.48. The first kappa shape index (κ1) is 14.6. The van der Waals surface area contributed by atoms with Crippen molar-refractivity contribution in [1.29, 1.82) is 0 Å². The number of aromatic nitrogens is 1. The molecule has 2 aromatic rings. The average molecular weight is 306 g/mol. The number of benzene rings is 1. The third-order valence-electron chi connectivity index (χ3n) is 3.81. The summed E-state index contributed by atoms with van der Waals surface area (Å²) in [6.45, 7) is 0.429. The van der Waals surface area contributed by atoms with Gasteiger partial charge in [0.15, 0.2) is 17.5 Å². The van der Waals surface area contributed by atoms with Crippen molar-refractivity contribution in [2.24, 2.45) is 0 Å². The summed E-state index contributed by atoms with van der Waals surface area (Å²) in [5, 5.41) is 0. The van der Waals surface area contributed by atoms with E-state index in [0.29, 0.717) is 18.7 Å². The summed E-state index contributed by atoms with van der Waals surface area (Å²) >= 11 is 0. The maximum absolute atomic E-state index is 13.8. The maximum atomic E-state index is 13.8. The van der Waals surface area contributed by atoms with Gasteiger partial charge in [-0.15, -0.1) is 0 Å². The molecule has 0 radical (unpaired) electrons. The van der Waals surface area contributed by atoms with Gasteiger partial charge in [0.1, 0.15) is 0 Å². The van der Waals surface area contributed by atoms with Crippen LogP contribution in [0.1, 0.15) is 34.9 Å². The van der Waals surface area contributed by atoms with Gasteiger partial charge >= 0.3 is 0 Å². The van der Waals surface area contributed by atoms with Crippen molar-refractivity contribution in [2.45, 2.75) is 18.9 Å². The van der Waals surface area contributed by atoms with E-state index in [9.17, 15) is 18.0 Å². The molecule has 1 saturated heterocycles. The monoisotopic (exact) mass is 306 g/mol. The Hall–Kier alpha value is -2.37. The lowest BCUT2D eigenvalue weighted by atomic mass is 10.1. The molecule has 0 bridgehead atoms. The smallest absolute Gasteiger partial charge is 0.257 e. The number of halogens is 3. The van der Waals surface area contributed by atoms with Crippen molar-refractivity contribution in [3.05, 3.63) is 65.2 Å². The number of nitrogens with zero attached hydrogens (tertiary/aromatic N) is 2. The lowest BCUT2D eigenvalue weighted by Gasteiger charge is -2.24. The highest BCUT2D eigenvalue weighted by Crippen LogP contribution is 2.32. The molecule has 1 amide bonds. The van der Waals surface area contributed by atoms with E-state index in [2.05, 4.69) is 4.98 Å². The van der Waals surface area contributed by atoms with Gasteiger partial charge in [-0.1, -0.05) is 6.07 Å². The predicted molar refractivity (Wildman–Crippen MR) is 73.6 cm³/mol. The fourth-order valence-electron chi connectivity index (χ4n) is 2.74. The van der Waals surface area contributed by atoms with E-state index in [0.717, 1.165) is 18.6 Å². The quantitative estimate of drug-likeness (QED) is 0.796. The van der Waals surface area contributed by atoms with Gasteiger partial charge in [-0.3, -0.25) is 9.78 Å². The molecule has 1 aliphatic heterocycles. The summed E-state index contributed by atoms with van der Waals surface area (Å²) in [5.41, 5.74) is 0.248. The first-order chi connectivity index (χ1) is 10.6.